The second-order valence-corrected chi connectivity index (χ2v) is 5.06. The van der Waals surface area contributed by atoms with Gasteiger partial charge in [0, 0.05) is 22.5 Å². The van der Waals surface area contributed by atoms with E-state index in [-0.39, 0.29) is 11.3 Å². The molecule has 0 amide bonds. The molecule has 2 aromatic carbocycles. The first-order chi connectivity index (χ1) is 9.56. The maximum atomic E-state index is 11.9. The number of aryl methyl sites for hydroxylation is 2. The smallest absolute Gasteiger partial charge is 0.255 e. The summed E-state index contributed by atoms with van der Waals surface area (Å²) in [6.45, 7) is 4.13. The second kappa shape index (κ2) is 4.53. The zero-order chi connectivity index (χ0) is 14.3. The normalized spacial score (nSPS) is 10.9. The van der Waals surface area contributed by atoms with Gasteiger partial charge in [0.1, 0.15) is 5.75 Å². The van der Waals surface area contributed by atoms with Gasteiger partial charge < -0.3 is 10.1 Å². The molecule has 1 heterocycles. The number of nitrogens with one attached hydrogen (secondary N) is 1. The Kier molecular flexibility index (Phi) is 2.83. The van der Waals surface area contributed by atoms with Crippen molar-refractivity contribution >= 4 is 10.8 Å². The molecule has 0 bridgehead atoms. The van der Waals surface area contributed by atoms with Crippen molar-refractivity contribution in [2.75, 3.05) is 0 Å². The van der Waals surface area contributed by atoms with Gasteiger partial charge in [0.2, 0.25) is 0 Å². The number of hydrogen-bond acceptors (Lipinski definition) is 2. The number of hydrogen-bond donors (Lipinski definition) is 2. The van der Waals surface area contributed by atoms with Crippen LogP contribution in [0.5, 0.6) is 5.75 Å². The second-order valence-electron chi connectivity index (χ2n) is 5.06. The number of phenols is 1. The lowest BCUT2D eigenvalue weighted by Gasteiger charge is -2.09. The first kappa shape index (κ1) is 12.5. The molecule has 3 aromatic rings. The van der Waals surface area contributed by atoms with E-state index in [4.69, 9.17) is 0 Å². The molecule has 0 atom stereocenters. The Labute approximate surface area is 116 Å². The minimum Gasteiger partial charge on any atom is -0.508 e. The minimum atomic E-state index is -0.146. The third kappa shape index (κ3) is 1.97. The molecule has 0 fully saturated rings. The summed E-state index contributed by atoms with van der Waals surface area (Å²) in [4.78, 5) is 14.6. The van der Waals surface area contributed by atoms with Crippen molar-refractivity contribution in [1.82, 2.24) is 4.98 Å². The number of phenolic OH excluding ortho intramolecular Hbond substituents is 1. The van der Waals surface area contributed by atoms with Gasteiger partial charge in [0.05, 0.1) is 0 Å². The van der Waals surface area contributed by atoms with Crippen molar-refractivity contribution in [2.45, 2.75) is 13.8 Å². The number of benzene rings is 2. The maximum Gasteiger partial charge on any atom is 0.255 e. The van der Waals surface area contributed by atoms with Crippen LogP contribution in [-0.2, 0) is 0 Å². The maximum absolute atomic E-state index is 11.9. The van der Waals surface area contributed by atoms with Crippen LogP contribution >= 0.6 is 0 Å². The van der Waals surface area contributed by atoms with Crippen LogP contribution in [0.4, 0.5) is 0 Å². The summed E-state index contributed by atoms with van der Waals surface area (Å²) in [5.74, 6) is 0.160. The van der Waals surface area contributed by atoms with Gasteiger partial charge in [0.15, 0.2) is 0 Å². The standard InChI is InChI=1S/C17H15NO2/c1-10-3-4-12(7-11(10)2)16-9-18-17(20)14-6-5-13(19)8-15(14)16/h3-9,19H,1-2H3,(H,18,20). The summed E-state index contributed by atoms with van der Waals surface area (Å²) in [6.07, 6.45) is 1.70. The predicted octanol–water partition coefficient (Wildman–Crippen LogP) is 3.52. The van der Waals surface area contributed by atoms with Crippen molar-refractivity contribution in [3.8, 4) is 16.9 Å². The molecule has 20 heavy (non-hydrogen) atoms. The average molecular weight is 265 g/mol. The van der Waals surface area contributed by atoms with E-state index in [1.807, 2.05) is 6.07 Å². The van der Waals surface area contributed by atoms with Gasteiger partial charge in [-0.3, -0.25) is 4.79 Å². The number of rotatable bonds is 1. The monoisotopic (exact) mass is 265 g/mol. The number of aromatic hydroxyl groups is 1. The molecule has 100 valence electrons. The van der Waals surface area contributed by atoms with Gasteiger partial charge in [0.25, 0.3) is 5.56 Å². The molecular weight excluding hydrogens is 250 g/mol. The van der Waals surface area contributed by atoms with Crippen LogP contribution in [-0.4, -0.2) is 10.1 Å². The van der Waals surface area contributed by atoms with Crippen LogP contribution in [0.25, 0.3) is 21.9 Å². The lowest BCUT2D eigenvalue weighted by atomic mass is 9.97. The first-order valence-corrected chi connectivity index (χ1v) is 6.48. The fraction of sp³-hybridized carbons (Fsp3) is 0.118. The number of aromatic amines is 1. The van der Waals surface area contributed by atoms with Crippen molar-refractivity contribution in [3.05, 3.63) is 64.1 Å². The highest BCUT2D eigenvalue weighted by molar-refractivity contribution is 5.96. The molecule has 0 aliphatic heterocycles. The molecule has 0 aliphatic rings. The lowest BCUT2D eigenvalue weighted by Crippen LogP contribution is -2.05. The zero-order valence-corrected chi connectivity index (χ0v) is 11.4. The molecule has 0 saturated heterocycles. The van der Waals surface area contributed by atoms with Crippen LogP contribution in [0.1, 0.15) is 11.1 Å². The van der Waals surface area contributed by atoms with Crippen molar-refractivity contribution in [3.63, 3.8) is 0 Å². The predicted molar refractivity (Wildman–Crippen MR) is 81.1 cm³/mol. The lowest BCUT2D eigenvalue weighted by molar-refractivity contribution is 0.476. The van der Waals surface area contributed by atoms with E-state index < -0.39 is 0 Å². The summed E-state index contributed by atoms with van der Waals surface area (Å²) < 4.78 is 0. The van der Waals surface area contributed by atoms with E-state index >= 15 is 0 Å². The Bertz CT molecular complexity index is 862. The van der Waals surface area contributed by atoms with Gasteiger partial charge in [-0.1, -0.05) is 18.2 Å². The number of pyridine rings is 1. The van der Waals surface area contributed by atoms with Crippen molar-refractivity contribution < 1.29 is 5.11 Å². The van der Waals surface area contributed by atoms with E-state index in [2.05, 4.69) is 31.0 Å². The van der Waals surface area contributed by atoms with E-state index in [9.17, 15) is 9.90 Å². The third-order valence-corrected chi connectivity index (χ3v) is 3.70. The van der Waals surface area contributed by atoms with E-state index in [1.54, 1.807) is 18.3 Å². The molecule has 0 aliphatic carbocycles. The topological polar surface area (TPSA) is 53.1 Å². The molecule has 1 aromatic heterocycles. The number of aromatic nitrogens is 1. The largest absolute Gasteiger partial charge is 0.508 e. The Hall–Kier alpha value is -2.55. The Morgan fingerprint density at radius 3 is 2.50 bits per heavy atom. The van der Waals surface area contributed by atoms with E-state index in [1.165, 1.54) is 17.2 Å². The van der Waals surface area contributed by atoms with Crippen molar-refractivity contribution in [1.29, 1.82) is 0 Å². The first-order valence-electron chi connectivity index (χ1n) is 6.48. The quantitative estimate of drug-likeness (QED) is 0.707. The number of fused-ring (bicyclic) bond motifs is 1. The van der Waals surface area contributed by atoms with Gasteiger partial charge in [-0.2, -0.15) is 0 Å². The summed E-state index contributed by atoms with van der Waals surface area (Å²) >= 11 is 0. The Balaban J connectivity index is 2.36. The Morgan fingerprint density at radius 2 is 1.75 bits per heavy atom. The van der Waals surface area contributed by atoms with Crippen LogP contribution in [0, 0.1) is 13.8 Å². The fourth-order valence-electron chi connectivity index (χ4n) is 2.39. The molecule has 3 heteroatoms. The van der Waals surface area contributed by atoms with Crippen molar-refractivity contribution in [2.24, 2.45) is 0 Å². The molecule has 3 rings (SSSR count). The molecule has 0 unspecified atom stereocenters. The highest BCUT2D eigenvalue weighted by Crippen LogP contribution is 2.29. The highest BCUT2D eigenvalue weighted by atomic mass is 16.3. The van der Waals surface area contributed by atoms with Crippen LogP contribution in [0.2, 0.25) is 0 Å². The van der Waals surface area contributed by atoms with Gasteiger partial charge in [-0.15, -0.1) is 0 Å². The molecule has 2 N–H and O–H groups in total. The van der Waals surface area contributed by atoms with E-state index in [0.717, 1.165) is 16.5 Å². The highest BCUT2D eigenvalue weighted by Gasteiger charge is 2.08. The van der Waals surface area contributed by atoms with Gasteiger partial charge in [-0.05, 0) is 48.7 Å². The van der Waals surface area contributed by atoms with Gasteiger partial charge >= 0.3 is 0 Å². The zero-order valence-electron chi connectivity index (χ0n) is 11.4. The average Bonchev–Trinajstić information content (AvgIpc) is 2.42. The summed E-state index contributed by atoms with van der Waals surface area (Å²) in [5.41, 5.74) is 4.22. The number of H-pyrrole nitrogens is 1. The third-order valence-electron chi connectivity index (χ3n) is 3.70. The van der Waals surface area contributed by atoms with Crippen LogP contribution < -0.4 is 5.56 Å². The molecular formula is C17H15NO2. The molecule has 0 spiro atoms. The minimum absolute atomic E-state index is 0.146. The fourth-order valence-corrected chi connectivity index (χ4v) is 2.39. The molecule has 3 nitrogen and oxygen atoms in total. The summed E-state index contributed by atoms with van der Waals surface area (Å²) in [5, 5.41) is 11.0. The Morgan fingerprint density at radius 1 is 0.950 bits per heavy atom. The molecule has 0 saturated carbocycles. The summed E-state index contributed by atoms with van der Waals surface area (Å²) in [6, 6.07) is 11.0. The van der Waals surface area contributed by atoms with Gasteiger partial charge in [-0.25, -0.2) is 0 Å². The SMILES string of the molecule is Cc1ccc(-c2c[nH]c(=O)c3ccc(O)cc23)cc1C. The van der Waals surface area contributed by atoms with E-state index in [0.29, 0.717) is 5.39 Å². The molecule has 0 radical (unpaired) electrons. The van der Waals surface area contributed by atoms with Crippen LogP contribution in [0.3, 0.4) is 0 Å². The summed E-state index contributed by atoms with van der Waals surface area (Å²) in [7, 11) is 0. The van der Waals surface area contributed by atoms with Crippen LogP contribution in [0.15, 0.2) is 47.4 Å².